The van der Waals surface area contributed by atoms with Crippen molar-refractivity contribution in [2.45, 2.75) is 64.3 Å². The van der Waals surface area contributed by atoms with Gasteiger partial charge < -0.3 is 24.5 Å². The number of benzene rings is 1. The zero-order valence-electron chi connectivity index (χ0n) is 16.9. The summed E-state index contributed by atoms with van der Waals surface area (Å²) < 4.78 is 23.6. The Morgan fingerprint density at radius 1 is 1.22 bits per heavy atom. The molecule has 2 N–H and O–H groups in total. The summed E-state index contributed by atoms with van der Waals surface area (Å²) in [7, 11) is 1.35. The third-order valence-electron chi connectivity index (χ3n) is 7.34. The quantitative estimate of drug-likeness (QED) is 0.588. The van der Waals surface area contributed by atoms with Crippen LogP contribution in [0.5, 0.6) is 5.75 Å². The maximum Gasteiger partial charge on any atom is 0.475 e. The topological polar surface area (TPSA) is 62.9 Å². The molecule has 4 fully saturated rings. The summed E-state index contributed by atoms with van der Waals surface area (Å²) >= 11 is 0. The Labute approximate surface area is 163 Å². The second-order valence-corrected chi connectivity index (χ2v) is 9.19. The largest absolute Gasteiger partial charge is 0.497 e. The van der Waals surface area contributed by atoms with E-state index in [1.807, 2.05) is 24.3 Å². The molecule has 3 saturated carbocycles. The molecule has 1 saturated heterocycles. The van der Waals surface area contributed by atoms with Gasteiger partial charge in [0.25, 0.3) is 0 Å². The van der Waals surface area contributed by atoms with Crippen molar-refractivity contribution in [3.63, 3.8) is 0 Å². The molecule has 1 heterocycles. The summed E-state index contributed by atoms with van der Waals surface area (Å²) in [4.78, 5) is 0. The summed E-state index contributed by atoms with van der Waals surface area (Å²) in [5, 5.41) is 0. The van der Waals surface area contributed by atoms with Crippen molar-refractivity contribution in [1.82, 2.24) is 0 Å². The Morgan fingerprint density at radius 3 is 2.63 bits per heavy atom. The highest BCUT2D eigenvalue weighted by Crippen LogP contribution is 2.65. The Morgan fingerprint density at radius 2 is 1.96 bits per heavy atom. The van der Waals surface area contributed by atoms with Gasteiger partial charge in [0, 0.05) is 12.5 Å². The second-order valence-electron chi connectivity index (χ2n) is 9.19. The molecular weight excluding hydrogens is 341 g/mol. The monoisotopic (exact) mass is 373 g/mol. The Balaban J connectivity index is 1.24. The van der Waals surface area contributed by atoms with Gasteiger partial charge >= 0.3 is 7.12 Å². The molecule has 0 amide bonds. The van der Waals surface area contributed by atoms with Gasteiger partial charge in [0.2, 0.25) is 0 Å². The summed E-state index contributed by atoms with van der Waals surface area (Å²) in [6.45, 7) is 8.14. The SMILES string of the molecule is COc1ccc(COCCC(N)B2O[C@@H]3C[C@@H]4C[C@@H](C4(C)C)[C@]3(C)O2)cc1. The third-order valence-corrected chi connectivity index (χ3v) is 7.34. The van der Waals surface area contributed by atoms with Gasteiger partial charge in [-0.2, -0.15) is 0 Å². The minimum Gasteiger partial charge on any atom is -0.497 e. The van der Waals surface area contributed by atoms with Gasteiger partial charge in [0.05, 0.1) is 25.4 Å². The highest BCUT2D eigenvalue weighted by atomic mass is 16.7. The van der Waals surface area contributed by atoms with E-state index in [2.05, 4.69) is 20.8 Å². The van der Waals surface area contributed by atoms with Gasteiger partial charge in [-0.1, -0.05) is 26.0 Å². The van der Waals surface area contributed by atoms with Crippen LogP contribution in [-0.4, -0.2) is 38.5 Å². The fourth-order valence-corrected chi connectivity index (χ4v) is 5.35. The van der Waals surface area contributed by atoms with E-state index in [0.717, 1.165) is 30.1 Å². The first-order valence-electron chi connectivity index (χ1n) is 10.1. The van der Waals surface area contributed by atoms with Crippen LogP contribution in [0.2, 0.25) is 0 Å². The second kappa shape index (κ2) is 7.07. The summed E-state index contributed by atoms with van der Waals surface area (Å²) in [5.41, 5.74) is 7.68. The molecule has 6 heteroatoms. The summed E-state index contributed by atoms with van der Waals surface area (Å²) in [6.07, 6.45) is 3.26. The molecule has 4 aliphatic rings. The van der Waals surface area contributed by atoms with Crippen LogP contribution in [0.4, 0.5) is 0 Å². The third kappa shape index (κ3) is 3.31. The van der Waals surface area contributed by atoms with Crippen LogP contribution in [-0.2, 0) is 20.7 Å². The molecule has 5 rings (SSSR count). The first-order valence-corrected chi connectivity index (χ1v) is 10.1. The lowest BCUT2D eigenvalue weighted by Gasteiger charge is -2.64. The average Bonchev–Trinajstić information content (AvgIpc) is 3.02. The lowest BCUT2D eigenvalue weighted by atomic mass is 9.43. The summed E-state index contributed by atoms with van der Waals surface area (Å²) in [6, 6.07) is 7.92. The first kappa shape index (κ1) is 19.3. The lowest BCUT2D eigenvalue weighted by Crippen LogP contribution is -2.65. The van der Waals surface area contributed by atoms with E-state index in [1.165, 1.54) is 6.42 Å². The predicted molar refractivity (Wildman–Crippen MR) is 105 cm³/mol. The Kier molecular flexibility index (Phi) is 5.04. The summed E-state index contributed by atoms with van der Waals surface area (Å²) in [5.74, 6) is 2.01. The van der Waals surface area contributed by atoms with Gasteiger partial charge in [-0.05, 0) is 61.1 Å². The molecule has 5 nitrogen and oxygen atoms in total. The minimum atomic E-state index is -0.320. The number of hydrogen-bond donors (Lipinski definition) is 1. The Hall–Kier alpha value is -1.08. The average molecular weight is 373 g/mol. The predicted octanol–water partition coefficient (Wildman–Crippen LogP) is 3.20. The van der Waals surface area contributed by atoms with Crippen LogP contribution < -0.4 is 10.5 Å². The van der Waals surface area contributed by atoms with E-state index in [-0.39, 0.29) is 24.8 Å². The van der Waals surface area contributed by atoms with Crippen LogP contribution in [0.25, 0.3) is 0 Å². The van der Waals surface area contributed by atoms with Crippen LogP contribution in [0, 0.1) is 17.3 Å². The molecule has 27 heavy (non-hydrogen) atoms. The molecule has 1 aliphatic heterocycles. The Bertz CT molecular complexity index is 667. The molecular formula is C21H32BNO4. The highest BCUT2D eigenvalue weighted by molar-refractivity contribution is 6.47. The molecule has 0 aromatic heterocycles. The van der Waals surface area contributed by atoms with Crippen LogP contribution in [0.3, 0.4) is 0 Å². The number of methoxy groups -OCH3 is 1. The molecule has 0 spiro atoms. The van der Waals surface area contributed by atoms with Crippen molar-refractivity contribution in [1.29, 1.82) is 0 Å². The van der Waals surface area contributed by atoms with E-state index < -0.39 is 0 Å². The zero-order valence-corrected chi connectivity index (χ0v) is 16.9. The number of rotatable bonds is 7. The van der Waals surface area contributed by atoms with Crippen molar-refractivity contribution in [2.75, 3.05) is 13.7 Å². The number of ether oxygens (including phenoxy) is 2. The van der Waals surface area contributed by atoms with Crippen molar-refractivity contribution in [3.8, 4) is 5.75 Å². The van der Waals surface area contributed by atoms with Crippen LogP contribution in [0.15, 0.2) is 24.3 Å². The van der Waals surface area contributed by atoms with Crippen molar-refractivity contribution in [2.24, 2.45) is 23.0 Å². The fourth-order valence-electron chi connectivity index (χ4n) is 5.35. The lowest BCUT2D eigenvalue weighted by molar-refractivity contribution is -0.199. The number of hydrogen-bond acceptors (Lipinski definition) is 5. The molecule has 1 aromatic rings. The molecule has 3 aliphatic carbocycles. The highest BCUT2D eigenvalue weighted by Gasteiger charge is 2.68. The van der Waals surface area contributed by atoms with E-state index in [0.29, 0.717) is 24.5 Å². The van der Waals surface area contributed by atoms with Gasteiger partial charge in [-0.25, -0.2) is 0 Å². The normalized spacial score (nSPS) is 34.7. The number of nitrogens with two attached hydrogens (primary N) is 1. The zero-order chi connectivity index (χ0) is 19.2. The van der Waals surface area contributed by atoms with Crippen molar-refractivity contribution in [3.05, 3.63) is 29.8 Å². The van der Waals surface area contributed by atoms with E-state index in [4.69, 9.17) is 24.5 Å². The van der Waals surface area contributed by atoms with Crippen molar-refractivity contribution < 1.29 is 18.8 Å². The maximum absolute atomic E-state index is 6.42. The standard InChI is InChI=1S/C21H32BNO4/c1-20(2)15-11-17(20)21(3)18(12-15)26-22(27-21)19(23)9-10-25-13-14-5-7-16(24-4)8-6-14/h5-8,15,17-19H,9-13,23H2,1-4H3/t15-,17-,18+,19?,21-/m0/s1. The van der Waals surface area contributed by atoms with Gasteiger partial charge in [-0.15, -0.1) is 0 Å². The molecule has 1 aromatic carbocycles. The van der Waals surface area contributed by atoms with Gasteiger partial charge in [0.15, 0.2) is 0 Å². The first-order chi connectivity index (χ1) is 12.8. The van der Waals surface area contributed by atoms with Crippen molar-refractivity contribution >= 4 is 7.12 Å². The molecule has 2 bridgehead atoms. The molecule has 0 radical (unpaired) electrons. The fraction of sp³-hybridized carbons (Fsp3) is 0.714. The van der Waals surface area contributed by atoms with E-state index in [1.54, 1.807) is 7.11 Å². The van der Waals surface area contributed by atoms with E-state index >= 15 is 0 Å². The maximum atomic E-state index is 6.42. The van der Waals surface area contributed by atoms with Gasteiger partial charge in [0.1, 0.15) is 5.75 Å². The molecule has 1 unspecified atom stereocenters. The van der Waals surface area contributed by atoms with E-state index in [9.17, 15) is 0 Å². The molecule has 148 valence electrons. The minimum absolute atomic E-state index is 0.163. The van der Waals surface area contributed by atoms with Crippen LogP contribution >= 0.6 is 0 Å². The van der Waals surface area contributed by atoms with Gasteiger partial charge in [-0.3, -0.25) is 0 Å². The van der Waals surface area contributed by atoms with Crippen LogP contribution in [0.1, 0.15) is 45.6 Å². The molecule has 5 atom stereocenters. The smallest absolute Gasteiger partial charge is 0.475 e.